The predicted octanol–water partition coefficient (Wildman–Crippen LogP) is -0.805. The number of carbonyl (C=O) groups is 2. The molecule has 0 radical (unpaired) electrons. The van der Waals surface area contributed by atoms with Crippen LogP contribution < -0.4 is 25.2 Å². The number of benzene rings is 2. The fourth-order valence-corrected chi connectivity index (χ4v) is 3.45. The normalized spacial score (nSPS) is 18.7. The van der Waals surface area contributed by atoms with Crippen molar-refractivity contribution in [1.82, 2.24) is 0 Å². The molecule has 7 nitrogen and oxygen atoms in total. The maximum atomic E-state index is 12.9. The van der Waals surface area contributed by atoms with E-state index in [-0.39, 0.29) is 17.6 Å². The summed E-state index contributed by atoms with van der Waals surface area (Å²) < 4.78 is 18.2. The average molecular weight is 402 g/mol. The predicted molar refractivity (Wildman–Crippen MR) is 108 cm³/mol. The molecule has 0 aromatic heterocycles. The second kappa shape index (κ2) is 9.99. The Morgan fingerprint density at radius 3 is 2.03 bits per heavy atom. The topological polar surface area (TPSA) is 76.3 Å². The van der Waals surface area contributed by atoms with Gasteiger partial charge in [0.05, 0.1) is 12.8 Å². The first-order chi connectivity index (χ1) is 14.0. The SMILES string of the molecule is COc1ccccc1NC(=O)C[NH+]1CC[NH+](CC(=O)Nc2ccc(F)cc2)CC1. The lowest BCUT2D eigenvalue weighted by atomic mass is 10.2. The third-order valence-corrected chi connectivity index (χ3v) is 4.99. The molecule has 2 aromatic rings. The summed E-state index contributed by atoms with van der Waals surface area (Å²) in [6.45, 7) is 4.00. The first-order valence-electron chi connectivity index (χ1n) is 9.69. The zero-order chi connectivity index (χ0) is 20.6. The van der Waals surface area contributed by atoms with E-state index in [2.05, 4.69) is 10.6 Å². The van der Waals surface area contributed by atoms with Crippen molar-refractivity contribution in [2.75, 3.05) is 57.0 Å². The number of rotatable bonds is 7. The van der Waals surface area contributed by atoms with Gasteiger partial charge in [0.2, 0.25) is 0 Å². The number of methoxy groups -OCH3 is 1. The molecule has 0 atom stereocenters. The van der Waals surface area contributed by atoms with Gasteiger partial charge in [0.1, 0.15) is 37.7 Å². The van der Waals surface area contributed by atoms with Gasteiger partial charge in [-0.15, -0.1) is 0 Å². The molecule has 154 valence electrons. The summed E-state index contributed by atoms with van der Waals surface area (Å²) in [5.41, 5.74) is 1.26. The van der Waals surface area contributed by atoms with E-state index in [1.165, 1.54) is 21.9 Å². The summed E-state index contributed by atoms with van der Waals surface area (Å²) in [7, 11) is 1.57. The van der Waals surface area contributed by atoms with Crippen molar-refractivity contribution in [3.05, 3.63) is 54.3 Å². The van der Waals surface area contributed by atoms with Crippen LogP contribution in [0.4, 0.5) is 15.8 Å². The molecule has 3 rings (SSSR count). The maximum absolute atomic E-state index is 12.9. The van der Waals surface area contributed by atoms with E-state index in [0.717, 1.165) is 26.2 Å². The highest BCUT2D eigenvalue weighted by molar-refractivity contribution is 5.93. The van der Waals surface area contributed by atoms with Crippen LogP contribution in [0, 0.1) is 5.82 Å². The lowest BCUT2D eigenvalue weighted by Crippen LogP contribution is -3.28. The Morgan fingerprint density at radius 2 is 1.45 bits per heavy atom. The molecule has 1 fully saturated rings. The number of halogens is 1. The highest BCUT2D eigenvalue weighted by Gasteiger charge is 2.26. The molecule has 1 saturated heterocycles. The maximum Gasteiger partial charge on any atom is 0.279 e. The first-order valence-corrected chi connectivity index (χ1v) is 9.69. The quantitative estimate of drug-likeness (QED) is 0.490. The summed E-state index contributed by atoms with van der Waals surface area (Å²) in [6, 6.07) is 13.1. The highest BCUT2D eigenvalue weighted by Crippen LogP contribution is 2.22. The molecule has 1 heterocycles. The van der Waals surface area contributed by atoms with Gasteiger partial charge in [0.25, 0.3) is 11.8 Å². The van der Waals surface area contributed by atoms with Crippen LogP contribution in [0.2, 0.25) is 0 Å². The number of ether oxygens (including phenoxy) is 1. The molecule has 8 heteroatoms. The van der Waals surface area contributed by atoms with E-state index in [1.54, 1.807) is 19.2 Å². The van der Waals surface area contributed by atoms with Crippen molar-refractivity contribution in [3.63, 3.8) is 0 Å². The third kappa shape index (κ3) is 6.27. The lowest BCUT2D eigenvalue weighted by Gasteiger charge is -2.29. The summed E-state index contributed by atoms with van der Waals surface area (Å²) in [6.07, 6.45) is 0. The van der Waals surface area contributed by atoms with Crippen molar-refractivity contribution >= 4 is 23.2 Å². The Hall–Kier alpha value is -2.97. The minimum atomic E-state index is -0.331. The van der Waals surface area contributed by atoms with Gasteiger partial charge in [0.15, 0.2) is 13.1 Å². The largest absolute Gasteiger partial charge is 0.495 e. The summed E-state index contributed by atoms with van der Waals surface area (Å²) >= 11 is 0. The standard InChI is InChI=1S/C21H25FN4O3/c1-29-19-5-3-2-4-18(19)24-21(28)15-26-12-10-25(11-13-26)14-20(27)23-17-8-6-16(22)7-9-17/h2-9H,10-15H2,1H3,(H,23,27)(H,24,28)/p+2. The van der Waals surface area contributed by atoms with Gasteiger partial charge in [0, 0.05) is 5.69 Å². The number of nitrogens with one attached hydrogen (secondary N) is 4. The number of anilines is 2. The van der Waals surface area contributed by atoms with Crippen LogP contribution in [0.3, 0.4) is 0 Å². The second-order valence-electron chi connectivity index (χ2n) is 7.16. The van der Waals surface area contributed by atoms with Crippen LogP contribution in [0.1, 0.15) is 0 Å². The molecule has 29 heavy (non-hydrogen) atoms. The van der Waals surface area contributed by atoms with Gasteiger partial charge in [-0.05, 0) is 36.4 Å². The molecule has 0 spiro atoms. The zero-order valence-electron chi connectivity index (χ0n) is 16.5. The minimum Gasteiger partial charge on any atom is -0.495 e. The summed E-state index contributed by atoms with van der Waals surface area (Å²) in [5, 5.41) is 5.69. The van der Waals surface area contributed by atoms with Crippen LogP contribution in [0.15, 0.2) is 48.5 Å². The molecular formula is C21H27FN4O3+2. The molecular weight excluding hydrogens is 375 g/mol. The van der Waals surface area contributed by atoms with E-state index in [9.17, 15) is 14.0 Å². The van der Waals surface area contributed by atoms with Crippen molar-refractivity contribution < 1.29 is 28.5 Å². The van der Waals surface area contributed by atoms with Crippen LogP contribution in [0.25, 0.3) is 0 Å². The van der Waals surface area contributed by atoms with Crippen molar-refractivity contribution in [3.8, 4) is 5.75 Å². The molecule has 1 aliphatic rings. The van der Waals surface area contributed by atoms with Gasteiger partial charge in [-0.25, -0.2) is 4.39 Å². The number of hydrogen-bond donors (Lipinski definition) is 4. The average Bonchev–Trinajstić information content (AvgIpc) is 2.71. The Morgan fingerprint density at radius 1 is 0.897 bits per heavy atom. The molecule has 4 N–H and O–H groups in total. The fourth-order valence-electron chi connectivity index (χ4n) is 3.45. The number of amides is 2. The molecule has 2 amide bonds. The van der Waals surface area contributed by atoms with Crippen LogP contribution >= 0.6 is 0 Å². The fraction of sp³-hybridized carbons (Fsp3) is 0.333. The van der Waals surface area contributed by atoms with E-state index >= 15 is 0 Å². The highest BCUT2D eigenvalue weighted by atomic mass is 19.1. The van der Waals surface area contributed by atoms with Crippen LogP contribution in [-0.4, -0.2) is 58.2 Å². The molecule has 0 aliphatic carbocycles. The molecule has 1 aliphatic heterocycles. The van der Waals surface area contributed by atoms with Gasteiger partial charge in [-0.1, -0.05) is 12.1 Å². The lowest BCUT2D eigenvalue weighted by molar-refractivity contribution is -1.00. The summed E-state index contributed by atoms with van der Waals surface area (Å²) in [5.74, 6) is 0.158. The van der Waals surface area contributed by atoms with E-state index < -0.39 is 0 Å². The number of carbonyl (C=O) groups excluding carboxylic acids is 2. The molecule has 0 saturated carbocycles. The number of quaternary nitrogens is 2. The Bertz CT molecular complexity index is 836. The van der Waals surface area contributed by atoms with E-state index in [0.29, 0.717) is 30.2 Å². The van der Waals surface area contributed by atoms with Crippen molar-refractivity contribution in [2.24, 2.45) is 0 Å². The Balaban J connectivity index is 1.40. The van der Waals surface area contributed by atoms with Crippen molar-refractivity contribution in [1.29, 1.82) is 0 Å². The zero-order valence-corrected chi connectivity index (χ0v) is 16.5. The summed E-state index contributed by atoms with van der Waals surface area (Å²) in [4.78, 5) is 26.9. The van der Waals surface area contributed by atoms with Crippen molar-refractivity contribution in [2.45, 2.75) is 0 Å². The smallest absolute Gasteiger partial charge is 0.279 e. The number of hydrogen-bond acceptors (Lipinski definition) is 3. The number of para-hydroxylation sites is 2. The van der Waals surface area contributed by atoms with Crippen LogP contribution in [0.5, 0.6) is 5.75 Å². The molecule has 0 unspecified atom stereocenters. The molecule has 2 aromatic carbocycles. The number of piperazine rings is 1. The van der Waals surface area contributed by atoms with Gasteiger partial charge in [-0.2, -0.15) is 0 Å². The van der Waals surface area contributed by atoms with E-state index in [1.807, 2.05) is 24.3 Å². The van der Waals surface area contributed by atoms with Gasteiger partial charge < -0.3 is 25.2 Å². The van der Waals surface area contributed by atoms with Crippen LogP contribution in [-0.2, 0) is 9.59 Å². The van der Waals surface area contributed by atoms with E-state index in [4.69, 9.17) is 4.74 Å². The Kier molecular flexibility index (Phi) is 7.15. The first kappa shape index (κ1) is 20.8. The van der Waals surface area contributed by atoms with Gasteiger partial charge in [-0.3, -0.25) is 9.59 Å². The second-order valence-corrected chi connectivity index (χ2v) is 7.16. The third-order valence-electron chi connectivity index (χ3n) is 4.99. The monoisotopic (exact) mass is 402 g/mol. The Labute approximate surface area is 169 Å². The minimum absolute atomic E-state index is 0.0537. The molecule has 0 bridgehead atoms. The van der Waals surface area contributed by atoms with Gasteiger partial charge >= 0.3 is 0 Å².